The van der Waals surface area contributed by atoms with Gasteiger partial charge in [0.15, 0.2) is 11.7 Å². The Bertz CT molecular complexity index is 520. The molecule has 2 heterocycles. The topological polar surface area (TPSA) is 63.5 Å². The highest BCUT2D eigenvalue weighted by atomic mass is 19.4. The van der Waals surface area contributed by atoms with E-state index in [1.165, 1.54) is 13.2 Å². The third-order valence-electron chi connectivity index (χ3n) is 3.41. The first-order valence-electron chi connectivity index (χ1n) is 7.05. The predicted octanol–water partition coefficient (Wildman–Crippen LogP) is 1.28. The second kappa shape index (κ2) is 6.99. The van der Waals surface area contributed by atoms with Gasteiger partial charge in [-0.05, 0) is 12.8 Å². The van der Waals surface area contributed by atoms with Gasteiger partial charge in [0.2, 0.25) is 0 Å². The molecule has 2 N–H and O–H groups in total. The zero-order chi connectivity index (χ0) is 16.2. The summed E-state index contributed by atoms with van der Waals surface area (Å²) in [6, 6.07) is 0.218. The molecular formula is C13H20F3N5O. The summed E-state index contributed by atoms with van der Waals surface area (Å²) in [6.07, 6.45) is -1.41. The molecule has 0 amide bonds. The van der Waals surface area contributed by atoms with E-state index in [-0.39, 0.29) is 18.2 Å². The second-order valence-electron chi connectivity index (χ2n) is 5.13. The number of aromatic nitrogens is 2. The van der Waals surface area contributed by atoms with Gasteiger partial charge in [0.05, 0.1) is 0 Å². The molecule has 1 saturated heterocycles. The summed E-state index contributed by atoms with van der Waals surface area (Å²) in [5, 5.41) is 9.57. The van der Waals surface area contributed by atoms with E-state index in [0.29, 0.717) is 19.2 Å². The lowest BCUT2D eigenvalue weighted by Gasteiger charge is -2.25. The fraction of sp³-hybridized carbons (Fsp3) is 0.692. The highest BCUT2D eigenvalue weighted by molar-refractivity contribution is 5.79. The molecule has 1 fully saturated rings. The SMILES string of the molecule is CN=C(NCc1cn(C)nc1C(F)(F)F)NC1CCOCC1. The van der Waals surface area contributed by atoms with Crippen molar-refractivity contribution in [2.75, 3.05) is 20.3 Å². The van der Waals surface area contributed by atoms with Crippen molar-refractivity contribution >= 4 is 5.96 Å². The van der Waals surface area contributed by atoms with Crippen LogP contribution in [0.25, 0.3) is 0 Å². The summed E-state index contributed by atoms with van der Waals surface area (Å²) in [5.41, 5.74) is -0.783. The lowest BCUT2D eigenvalue weighted by atomic mass is 10.1. The maximum Gasteiger partial charge on any atom is 0.435 e. The Balaban J connectivity index is 1.96. The summed E-state index contributed by atoms with van der Waals surface area (Å²) in [6.45, 7) is 1.36. The van der Waals surface area contributed by atoms with Gasteiger partial charge in [-0.15, -0.1) is 0 Å². The lowest BCUT2D eigenvalue weighted by Crippen LogP contribution is -2.45. The largest absolute Gasteiger partial charge is 0.435 e. The monoisotopic (exact) mass is 319 g/mol. The van der Waals surface area contributed by atoms with Crippen molar-refractivity contribution in [1.82, 2.24) is 20.4 Å². The summed E-state index contributed by atoms with van der Waals surface area (Å²) in [5.74, 6) is 0.476. The van der Waals surface area contributed by atoms with Crippen LogP contribution in [0.5, 0.6) is 0 Å². The van der Waals surface area contributed by atoms with Crippen molar-refractivity contribution in [3.05, 3.63) is 17.5 Å². The highest BCUT2D eigenvalue weighted by Gasteiger charge is 2.36. The number of hydrogen-bond acceptors (Lipinski definition) is 3. The average Bonchev–Trinajstić information content (AvgIpc) is 2.86. The molecular weight excluding hydrogens is 299 g/mol. The van der Waals surface area contributed by atoms with Crippen molar-refractivity contribution in [3.8, 4) is 0 Å². The van der Waals surface area contributed by atoms with E-state index < -0.39 is 11.9 Å². The van der Waals surface area contributed by atoms with E-state index in [9.17, 15) is 13.2 Å². The van der Waals surface area contributed by atoms with Gasteiger partial charge in [0.25, 0.3) is 0 Å². The zero-order valence-corrected chi connectivity index (χ0v) is 12.6. The average molecular weight is 319 g/mol. The van der Waals surface area contributed by atoms with Crippen molar-refractivity contribution in [1.29, 1.82) is 0 Å². The van der Waals surface area contributed by atoms with Gasteiger partial charge >= 0.3 is 6.18 Å². The minimum atomic E-state index is -4.46. The van der Waals surface area contributed by atoms with Gasteiger partial charge in [-0.1, -0.05) is 0 Å². The van der Waals surface area contributed by atoms with Crippen LogP contribution in [-0.2, 0) is 24.5 Å². The van der Waals surface area contributed by atoms with Crippen LogP contribution >= 0.6 is 0 Å². The first-order valence-corrected chi connectivity index (χ1v) is 7.05. The first kappa shape index (κ1) is 16.6. The molecule has 0 unspecified atom stereocenters. The number of aliphatic imine (C=N–C) groups is 1. The van der Waals surface area contributed by atoms with Crippen LogP contribution in [0.3, 0.4) is 0 Å². The Hall–Kier alpha value is -1.77. The molecule has 0 atom stereocenters. The number of ether oxygens (including phenoxy) is 1. The van der Waals surface area contributed by atoms with E-state index in [1.807, 2.05) is 0 Å². The third kappa shape index (κ3) is 4.36. The molecule has 0 aromatic carbocycles. The van der Waals surface area contributed by atoms with Gasteiger partial charge in [0.1, 0.15) is 0 Å². The Morgan fingerprint density at radius 3 is 2.73 bits per heavy atom. The number of hydrogen-bond donors (Lipinski definition) is 2. The number of halogens is 3. The van der Waals surface area contributed by atoms with Gasteiger partial charge in [-0.2, -0.15) is 18.3 Å². The van der Waals surface area contributed by atoms with Gasteiger partial charge in [-0.3, -0.25) is 9.67 Å². The molecule has 2 rings (SSSR count). The normalized spacial score (nSPS) is 17.6. The van der Waals surface area contributed by atoms with Crippen LogP contribution in [0.1, 0.15) is 24.1 Å². The van der Waals surface area contributed by atoms with Crippen molar-refractivity contribution < 1.29 is 17.9 Å². The molecule has 1 aromatic heterocycles. The molecule has 0 aliphatic carbocycles. The number of guanidine groups is 1. The number of alkyl halides is 3. The van der Waals surface area contributed by atoms with Gasteiger partial charge in [0, 0.05) is 51.7 Å². The summed E-state index contributed by atoms with van der Waals surface area (Å²) in [4.78, 5) is 4.04. The molecule has 6 nitrogen and oxygen atoms in total. The van der Waals surface area contributed by atoms with Gasteiger partial charge < -0.3 is 15.4 Å². The smallest absolute Gasteiger partial charge is 0.381 e. The Morgan fingerprint density at radius 1 is 1.45 bits per heavy atom. The number of rotatable bonds is 3. The minimum Gasteiger partial charge on any atom is -0.381 e. The summed E-state index contributed by atoms with van der Waals surface area (Å²) >= 11 is 0. The predicted molar refractivity (Wildman–Crippen MR) is 75.4 cm³/mol. The van der Waals surface area contributed by atoms with Crippen molar-refractivity contribution in [2.45, 2.75) is 31.6 Å². The Labute approximate surface area is 126 Å². The van der Waals surface area contributed by atoms with Crippen molar-refractivity contribution in [2.24, 2.45) is 12.0 Å². The number of aryl methyl sites for hydroxylation is 1. The summed E-state index contributed by atoms with van der Waals surface area (Å²) in [7, 11) is 3.05. The molecule has 22 heavy (non-hydrogen) atoms. The fourth-order valence-corrected chi connectivity index (χ4v) is 2.31. The van der Waals surface area contributed by atoms with Crippen LogP contribution in [0.15, 0.2) is 11.2 Å². The molecule has 0 spiro atoms. The fourth-order valence-electron chi connectivity index (χ4n) is 2.31. The maximum atomic E-state index is 12.9. The van der Waals surface area contributed by atoms with Crippen LogP contribution in [0, 0.1) is 0 Å². The minimum absolute atomic E-state index is 0.00553. The van der Waals surface area contributed by atoms with Crippen LogP contribution in [-0.4, -0.2) is 42.0 Å². The van der Waals surface area contributed by atoms with E-state index >= 15 is 0 Å². The van der Waals surface area contributed by atoms with Crippen molar-refractivity contribution in [3.63, 3.8) is 0 Å². The lowest BCUT2D eigenvalue weighted by molar-refractivity contribution is -0.142. The maximum absolute atomic E-state index is 12.9. The molecule has 124 valence electrons. The molecule has 0 bridgehead atoms. The standard InChI is InChI=1S/C13H20F3N5O/c1-17-12(19-10-3-5-22-6-4-10)18-7-9-8-21(2)20-11(9)13(14,15)16/h8,10H,3-7H2,1-2H3,(H2,17,18,19). The Morgan fingerprint density at radius 2 is 2.14 bits per heavy atom. The van der Waals surface area contributed by atoms with E-state index in [0.717, 1.165) is 17.5 Å². The number of nitrogens with one attached hydrogen (secondary N) is 2. The molecule has 0 saturated carbocycles. The quantitative estimate of drug-likeness (QED) is 0.651. The van der Waals surface area contributed by atoms with E-state index in [2.05, 4.69) is 20.7 Å². The van der Waals surface area contributed by atoms with Crippen LogP contribution in [0.4, 0.5) is 13.2 Å². The van der Waals surface area contributed by atoms with Crippen LogP contribution in [0.2, 0.25) is 0 Å². The molecule has 1 aliphatic heterocycles. The van der Waals surface area contributed by atoms with E-state index in [4.69, 9.17) is 4.74 Å². The molecule has 0 radical (unpaired) electrons. The second-order valence-corrected chi connectivity index (χ2v) is 5.13. The third-order valence-corrected chi connectivity index (χ3v) is 3.41. The van der Waals surface area contributed by atoms with Crippen LogP contribution < -0.4 is 10.6 Å². The molecule has 1 aromatic rings. The summed E-state index contributed by atoms with van der Waals surface area (Å²) < 4.78 is 45.1. The van der Waals surface area contributed by atoms with E-state index in [1.54, 1.807) is 7.05 Å². The van der Waals surface area contributed by atoms with Gasteiger partial charge in [-0.25, -0.2) is 0 Å². The molecule has 1 aliphatic rings. The number of nitrogens with zero attached hydrogens (tertiary/aromatic N) is 3. The first-order chi connectivity index (χ1) is 10.4. The molecule has 9 heteroatoms. The Kier molecular flexibility index (Phi) is 5.28. The highest BCUT2D eigenvalue weighted by Crippen LogP contribution is 2.30. The zero-order valence-electron chi connectivity index (χ0n) is 12.6.